The summed E-state index contributed by atoms with van der Waals surface area (Å²) in [5, 5.41) is 2.59. The Kier molecular flexibility index (Phi) is 6.19. The molecule has 0 aliphatic carbocycles. The van der Waals surface area contributed by atoms with Crippen molar-refractivity contribution in [3.8, 4) is 5.75 Å². The van der Waals surface area contributed by atoms with Crippen LogP contribution in [0, 0.1) is 6.92 Å². The first-order valence-corrected chi connectivity index (χ1v) is 8.24. The molecular weight excluding hydrogens is 355 g/mol. The quantitative estimate of drug-likeness (QED) is 0.724. The van der Waals surface area contributed by atoms with Gasteiger partial charge in [-0.05, 0) is 43.3 Å². The fraction of sp³-hybridized carbons (Fsp3) is 0.294. The van der Waals surface area contributed by atoms with Crippen molar-refractivity contribution in [2.75, 3.05) is 11.9 Å². The van der Waals surface area contributed by atoms with E-state index in [4.69, 9.17) is 0 Å². The molecule has 1 amide bonds. The van der Waals surface area contributed by atoms with Crippen LogP contribution >= 0.6 is 11.3 Å². The average Bonchev–Trinajstić information content (AvgIpc) is 2.98. The largest absolute Gasteiger partial charge is 0.484 e. The second kappa shape index (κ2) is 8.15. The fourth-order valence-corrected chi connectivity index (χ4v) is 2.79. The van der Waals surface area contributed by atoms with E-state index in [9.17, 15) is 22.8 Å². The molecule has 0 aliphatic rings. The summed E-state index contributed by atoms with van der Waals surface area (Å²) in [6, 6.07) is 9.13. The SMILES string of the molecule is Cc1ccc(C(=O)CCC(=O)Nc2ccc(OCC(F)(F)F)cc2)s1. The zero-order chi connectivity index (χ0) is 18.4. The lowest BCUT2D eigenvalue weighted by atomic mass is 10.2. The van der Waals surface area contributed by atoms with Crippen molar-refractivity contribution in [1.29, 1.82) is 0 Å². The number of carbonyl (C=O) groups is 2. The minimum atomic E-state index is -4.40. The second-order valence-corrected chi connectivity index (χ2v) is 6.60. The Morgan fingerprint density at radius 2 is 1.76 bits per heavy atom. The van der Waals surface area contributed by atoms with E-state index in [1.165, 1.54) is 35.6 Å². The minimum absolute atomic E-state index is 0.0299. The molecule has 0 radical (unpaired) electrons. The predicted molar refractivity (Wildman–Crippen MR) is 89.2 cm³/mol. The van der Waals surface area contributed by atoms with E-state index in [-0.39, 0.29) is 30.3 Å². The van der Waals surface area contributed by atoms with Crippen LogP contribution < -0.4 is 10.1 Å². The van der Waals surface area contributed by atoms with Crippen LogP contribution in [0.2, 0.25) is 0 Å². The Balaban J connectivity index is 1.79. The number of carbonyl (C=O) groups excluding carboxylic acids is 2. The second-order valence-electron chi connectivity index (χ2n) is 5.31. The van der Waals surface area contributed by atoms with Gasteiger partial charge in [-0.2, -0.15) is 13.2 Å². The molecular formula is C17H16F3NO3S. The van der Waals surface area contributed by atoms with Crippen LogP contribution in [0.1, 0.15) is 27.4 Å². The number of nitrogens with one attached hydrogen (secondary N) is 1. The molecule has 1 aromatic heterocycles. The molecule has 0 atom stereocenters. The van der Waals surface area contributed by atoms with Gasteiger partial charge in [0.15, 0.2) is 12.4 Å². The van der Waals surface area contributed by atoms with Gasteiger partial charge in [0.1, 0.15) is 5.75 Å². The summed E-state index contributed by atoms with van der Waals surface area (Å²) in [7, 11) is 0. The number of thiophene rings is 1. The van der Waals surface area contributed by atoms with Gasteiger partial charge in [-0.15, -0.1) is 11.3 Å². The minimum Gasteiger partial charge on any atom is -0.484 e. The van der Waals surface area contributed by atoms with Gasteiger partial charge in [-0.25, -0.2) is 0 Å². The number of alkyl halides is 3. The van der Waals surface area contributed by atoms with E-state index in [2.05, 4.69) is 10.1 Å². The van der Waals surface area contributed by atoms with Crippen LogP contribution in [0.3, 0.4) is 0 Å². The topological polar surface area (TPSA) is 55.4 Å². The maximum Gasteiger partial charge on any atom is 0.422 e. The number of rotatable bonds is 7. The summed E-state index contributed by atoms with van der Waals surface area (Å²) >= 11 is 1.38. The zero-order valence-corrected chi connectivity index (χ0v) is 14.2. The number of benzene rings is 1. The zero-order valence-electron chi connectivity index (χ0n) is 13.4. The van der Waals surface area contributed by atoms with Crippen molar-refractivity contribution >= 4 is 28.7 Å². The molecule has 0 bridgehead atoms. The number of hydrogen-bond acceptors (Lipinski definition) is 4. The van der Waals surface area contributed by atoms with Crippen molar-refractivity contribution < 1.29 is 27.5 Å². The average molecular weight is 371 g/mol. The number of hydrogen-bond donors (Lipinski definition) is 1. The molecule has 25 heavy (non-hydrogen) atoms. The molecule has 0 spiro atoms. The lowest BCUT2D eigenvalue weighted by Crippen LogP contribution is -2.19. The first kappa shape index (κ1) is 19.0. The van der Waals surface area contributed by atoms with Crippen molar-refractivity contribution in [3.05, 3.63) is 46.2 Å². The third-order valence-electron chi connectivity index (χ3n) is 3.13. The standard InChI is InChI=1S/C17H16F3NO3S/c1-11-2-8-15(25-11)14(22)7-9-16(23)21-12-3-5-13(6-4-12)24-10-17(18,19)20/h2-6,8H,7,9-10H2,1H3,(H,21,23). The highest BCUT2D eigenvalue weighted by atomic mass is 32.1. The number of ketones is 1. The molecule has 2 aromatic rings. The van der Waals surface area contributed by atoms with E-state index in [1.807, 2.05) is 13.0 Å². The van der Waals surface area contributed by atoms with Gasteiger partial charge in [0.05, 0.1) is 4.88 Å². The fourth-order valence-electron chi connectivity index (χ4n) is 1.96. The van der Waals surface area contributed by atoms with Gasteiger partial charge in [0.25, 0.3) is 0 Å². The Morgan fingerprint density at radius 1 is 1.08 bits per heavy atom. The van der Waals surface area contributed by atoms with Crippen LogP contribution in [0.4, 0.5) is 18.9 Å². The van der Waals surface area contributed by atoms with Crippen LogP contribution in [0.25, 0.3) is 0 Å². The highest BCUT2D eigenvalue weighted by Crippen LogP contribution is 2.21. The molecule has 0 saturated carbocycles. The molecule has 8 heteroatoms. The summed E-state index contributed by atoms with van der Waals surface area (Å²) in [5.74, 6) is -0.381. The molecule has 0 saturated heterocycles. The van der Waals surface area contributed by atoms with Crippen LogP contribution in [-0.4, -0.2) is 24.5 Å². The maximum absolute atomic E-state index is 12.1. The molecule has 4 nitrogen and oxygen atoms in total. The Bertz CT molecular complexity index is 738. The summed E-state index contributed by atoms with van der Waals surface area (Å²) in [6.45, 7) is 0.527. The molecule has 1 N–H and O–H groups in total. The Hall–Kier alpha value is -2.35. The van der Waals surface area contributed by atoms with Gasteiger partial charge in [-0.3, -0.25) is 9.59 Å². The lowest BCUT2D eigenvalue weighted by Gasteiger charge is -2.10. The van der Waals surface area contributed by atoms with Gasteiger partial charge < -0.3 is 10.1 Å². The number of Topliss-reactive ketones (excluding diaryl/α,β-unsaturated/α-hetero) is 1. The van der Waals surface area contributed by atoms with Gasteiger partial charge in [-0.1, -0.05) is 0 Å². The number of amides is 1. The van der Waals surface area contributed by atoms with Crippen LogP contribution in [0.15, 0.2) is 36.4 Å². The smallest absolute Gasteiger partial charge is 0.422 e. The highest BCUT2D eigenvalue weighted by Gasteiger charge is 2.28. The monoisotopic (exact) mass is 371 g/mol. The Labute approximate surface area is 146 Å². The molecule has 0 aliphatic heterocycles. The van der Waals surface area contributed by atoms with Crippen LogP contribution in [0.5, 0.6) is 5.75 Å². The van der Waals surface area contributed by atoms with E-state index < -0.39 is 12.8 Å². The summed E-state index contributed by atoms with van der Waals surface area (Å²) in [6.07, 6.45) is -4.28. The molecule has 2 rings (SSSR count). The summed E-state index contributed by atoms with van der Waals surface area (Å²) < 4.78 is 40.8. The van der Waals surface area contributed by atoms with Crippen LogP contribution in [-0.2, 0) is 4.79 Å². The molecule has 134 valence electrons. The first-order chi connectivity index (χ1) is 11.7. The number of halogens is 3. The number of aryl methyl sites for hydroxylation is 1. The van der Waals surface area contributed by atoms with E-state index in [1.54, 1.807) is 6.07 Å². The van der Waals surface area contributed by atoms with Crippen molar-refractivity contribution in [2.45, 2.75) is 25.9 Å². The lowest BCUT2D eigenvalue weighted by molar-refractivity contribution is -0.153. The molecule has 0 fully saturated rings. The van der Waals surface area contributed by atoms with Crippen molar-refractivity contribution in [2.24, 2.45) is 0 Å². The number of anilines is 1. The number of ether oxygens (including phenoxy) is 1. The van der Waals surface area contributed by atoms with Crippen molar-refractivity contribution in [3.63, 3.8) is 0 Å². The molecule has 0 unspecified atom stereocenters. The summed E-state index contributed by atoms with van der Waals surface area (Å²) in [5.41, 5.74) is 0.420. The third-order valence-corrected chi connectivity index (χ3v) is 4.18. The summed E-state index contributed by atoms with van der Waals surface area (Å²) in [4.78, 5) is 25.4. The van der Waals surface area contributed by atoms with E-state index in [0.29, 0.717) is 10.6 Å². The third kappa shape index (κ3) is 6.58. The maximum atomic E-state index is 12.1. The first-order valence-electron chi connectivity index (χ1n) is 7.42. The van der Waals surface area contributed by atoms with Gasteiger partial charge in [0, 0.05) is 23.4 Å². The normalized spacial score (nSPS) is 11.2. The molecule has 1 heterocycles. The molecule has 1 aromatic carbocycles. The highest BCUT2D eigenvalue weighted by molar-refractivity contribution is 7.14. The van der Waals surface area contributed by atoms with Gasteiger partial charge in [0.2, 0.25) is 5.91 Å². The predicted octanol–water partition coefficient (Wildman–Crippen LogP) is 4.60. The van der Waals surface area contributed by atoms with E-state index >= 15 is 0 Å². The Morgan fingerprint density at radius 3 is 2.32 bits per heavy atom. The van der Waals surface area contributed by atoms with E-state index in [0.717, 1.165) is 4.88 Å². The van der Waals surface area contributed by atoms with Gasteiger partial charge >= 0.3 is 6.18 Å². The van der Waals surface area contributed by atoms with Crippen molar-refractivity contribution in [1.82, 2.24) is 0 Å².